The molecule has 3 rings (SSSR count). The molecule has 86 valence electrons. The molecule has 0 atom stereocenters. The zero-order valence-corrected chi connectivity index (χ0v) is 9.90. The van der Waals surface area contributed by atoms with Gasteiger partial charge < -0.3 is 4.90 Å². The molecular formula is C14H12BN3. The number of allylic oxidation sites excluding steroid dienone is 1. The van der Waals surface area contributed by atoms with Crippen LogP contribution in [0, 0.1) is 0 Å². The number of rotatable bonds is 2. The minimum absolute atomic E-state index is 0.0439. The number of hydrogen-bond donors (Lipinski definition) is 0. The molecule has 0 spiro atoms. The van der Waals surface area contributed by atoms with E-state index in [0.29, 0.717) is 0 Å². The SMILES string of the molecule is C1=CB(c2cccc(-c3ccccn3)n2)N=CC1. The van der Waals surface area contributed by atoms with Gasteiger partial charge in [-0.2, -0.15) is 0 Å². The minimum atomic E-state index is 0.0439. The molecule has 0 aromatic carbocycles. The summed E-state index contributed by atoms with van der Waals surface area (Å²) in [6.07, 6.45) is 6.74. The first-order chi connectivity index (χ1) is 8.93. The van der Waals surface area contributed by atoms with Crippen LogP contribution in [-0.4, -0.2) is 23.0 Å². The van der Waals surface area contributed by atoms with Gasteiger partial charge in [-0.3, -0.25) is 9.97 Å². The van der Waals surface area contributed by atoms with Crippen molar-refractivity contribution in [2.24, 2.45) is 4.90 Å². The molecule has 3 heterocycles. The molecule has 0 N–H and O–H groups in total. The zero-order chi connectivity index (χ0) is 12.2. The number of aromatic nitrogens is 2. The Labute approximate surface area is 106 Å². The molecule has 1 aliphatic heterocycles. The minimum Gasteiger partial charge on any atom is -0.339 e. The van der Waals surface area contributed by atoms with Gasteiger partial charge in [-0.05, 0) is 36.9 Å². The van der Waals surface area contributed by atoms with E-state index in [0.717, 1.165) is 23.4 Å². The van der Waals surface area contributed by atoms with Crippen molar-refractivity contribution in [1.82, 2.24) is 9.97 Å². The van der Waals surface area contributed by atoms with Gasteiger partial charge in [0.1, 0.15) is 0 Å². The number of pyridine rings is 2. The highest BCUT2D eigenvalue weighted by Gasteiger charge is 2.15. The van der Waals surface area contributed by atoms with E-state index in [1.807, 2.05) is 42.6 Å². The molecule has 0 unspecified atom stereocenters. The molecule has 0 fully saturated rings. The maximum Gasteiger partial charge on any atom is 0.355 e. The van der Waals surface area contributed by atoms with E-state index in [-0.39, 0.29) is 6.85 Å². The molecule has 0 radical (unpaired) electrons. The Morgan fingerprint density at radius 1 is 1.00 bits per heavy atom. The quantitative estimate of drug-likeness (QED) is 0.743. The van der Waals surface area contributed by atoms with Crippen LogP contribution >= 0.6 is 0 Å². The molecule has 3 nitrogen and oxygen atoms in total. The predicted molar refractivity (Wildman–Crippen MR) is 75.1 cm³/mol. The molecule has 0 amide bonds. The van der Waals surface area contributed by atoms with Crippen molar-refractivity contribution in [1.29, 1.82) is 0 Å². The summed E-state index contributed by atoms with van der Waals surface area (Å²) in [6.45, 7) is 0.0439. The van der Waals surface area contributed by atoms with Crippen molar-refractivity contribution in [2.45, 2.75) is 6.42 Å². The monoisotopic (exact) mass is 233 g/mol. The van der Waals surface area contributed by atoms with E-state index < -0.39 is 0 Å². The highest BCUT2D eigenvalue weighted by atomic mass is 14.8. The molecule has 0 saturated carbocycles. The van der Waals surface area contributed by atoms with Gasteiger partial charge in [0.05, 0.1) is 11.4 Å². The summed E-state index contributed by atoms with van der Waals surface area (Å²) in [7, 11) is 0. The summed E-state index contributed by atoms with van der Waals surface area (Å²) in [5.41, 5.74) is 2.75. The van der Waals surface area contributed by atoms with Gasteiger partial charge in [-0.1, -0.05) is 24.2 Å². The maximum absolute atomic E-state index is 4.64. The van der Waals surface area contributed by atoms with Crippen LogP contribution in [0.3, 0.4) is 0 Å². The predicted octanol–water partition coefficient (Wildman–Crippen LogP) is 1.91. The molecule has 4 heteroatoms. The van der Waals surface area contributed by atoms with Gasteiger partial charge in [0.2, 0.25) is 0 Å². The summed E-state index contributed by atoms with van der Waals surface area (Å²) in [4.78, 5) is 13.4. The Morgan fingerprint density at radius 3 is 2.72 bits per heavy atom. The first-order valence-electron chi connectivity index (χ1n) is 6.00. The van der Waals surface area contributed by atoms with E-state index >= 15 is 0 Å². The van der Waals surface area contributed by atoms with Crippen molar-refractivity contribution < 1.29 is 0 Å². The van der Waals surface area contributed by atoms with E-state index in [4.69, 9.17) is 0 Å². The first-order valence-corrected chi connectivity index (χ1v) is 6.00. The third-order valence-electron chi connectivity index (χ3n) is 2.83. The lowest BCUT2D eigenvalue weighted by molar-refractivity contribution is 1.26. The summed E-state index contributed by atoms with van der Waals surface area (Å²) in [6, 6.07) is 11.8. The number of nitrogens with zero attached hydrogens (tertiary/aromatic N) is 3. The van der Waals surface area contributed by atoms with Crippen molar-refractivity contribution in [2.75, 3.05) is 0 Å². The molecule has 1 aliphatic rings. The Balaban J connectivity index is 1.97. The molecule has 18 heavy (non-hydrogen) atoms. The largest absolute Gasteiger partial charge is 0.355 e. The average Bonchev–Trinajstić information content (AvgIpc) is 2.49. The van der Waals surface area contributed by atoms with Crippen LogP contribution in [0.15, 0.2) is 59.5 Å². The summed E-state index contributed by atoms with van der Waals surface area (Å²) >= 11 is 0. The summed E-state index contributed by atoms with van der Waals surface area (Å²) < 4.78 is 0. The van der Waals surface area contributed by atoms with Crippen molar-refractivity contribution in [3.05, 3.63) is 54.6 Å². The highest BCUT2D eigenvalue weighted by molar-refractivity contribution is 6.76. The van der Waals surface area contributed by atoms with Crippen LogP contribution in [0.1, 0.15) is 6.42 Å². The molecule has 2 aromatic heterocycles. The van der Waals surface area contributed by atoms with Crippen LogP contribution in [0.4, 0.5) is 0 Å². The lowest BCUT2D eigenvalue weighted by Gasteiger charge is -2.08. The van der Waals surface area contributed by atoms with Gasteiger partial charge >= 0.3 is 6.85 Å². The van der Waals surface area contributed by atoms with E-state index in [2.05, 4.69) is 26.9 Å². The lowest BCUT2D eigenvalue weighted by atomic mass is 9.58. The van der Waals surface area contributed by atoms with Gasteiger partial charge in [0.15, 0.2) is 0 Å². The van der Waals surface area contributed by atoms with Crippen LogP contribution in [-0.2, 0) is 0 Å². The second kappa shape index (κ2) is 4.96. The van der Waals surface area contributed by atoms with Gasteiger partial charge in [-0.15, -0.1) is 0 Å². The second-order valence-electron chi connectivity index (χ2n) is 4.10. The standard InChI is InChI=1S/C14H12BN3/c1-3-10-16-12(6-1)13-7-5-8-14(18-13)15-9-2-4-11-17-15/h1-3,5-11H,4H2. The Kier molecular flexibility index (Phi) is 3.00. The highest BCUT2D eigenvalue weighted by Crippen LogP contribution is 2.11. The van der Waals surface area contributed by atoms with Crippen LogP contribution in [0.25, 0.3) is 11.4 Å². The van der Waals surface area contributed by atoms with Crippen molar-refractivity contribution in [3.8, 4) is 11.4 Å². The lowest BCUT2D eigenvalue weighted by Crippen LogP contribution is -2.31. The second-order valence-corrected chi connectivity index (χ2v) is 4.10. The van der Waals surface area contributed by atoms with Crippen molar-refractivity contribution in [3.63, 3.8) is 0 Å². The molecule has 2 aromatic rings. The normalized spacial score (nSPS) is 13.9. The molecule has 0 aliphatic carbocycles. The Bertz CT molecular complexity index is 581. The fourth-order valence-corrected chi connectivity index (χ4v) is 1.94. The Morgan fingerprint density at radius 2 is 1.94 bits per heavy atom. The third-order valence-corrected chi connectivity index (χ3v) is 2.83. The molecule has 0 saturated heterocycles. The third kappa shape index (κ3) is 2.23. The van der Waals surface area contributed by atoms with E-state index in [9.17, 15) is 0 Å². The first kappa shape index (κ1) is 10.9. The van der Waals surface area contributed by atoms with Crippen LogP contribution in [0.2, 0.25) is 0 Å². The van der Waals surface area contributed by atoms with Crippen LogP contribution in [0.5, 0.6) is 0 Å². The van der Waals surface area contributed by atoms with Gasteiger partial charge in [-0.25, -0.2) is 0 Å². The summed E-state index contributed by atoms with van der Waals surface area (Å²) in [5.74, 6) is 2.09. The van der Waals surface area contributed by atoms with E-state index in [1.165, 1.54) is 0 Å². The van der Waals surface area contributed by atoms with Crippen LogP contribution < -0.4 is 5.59 Å². The molecule has 0 bridgehead atoms. The molecular weight excluding hydrogens is 221 g/mol. The van der Waals surface area contributed by atoms with E-state index in [1.54, 1.807) is 6.20 Å². The fourth-order valence-electron chi connectivity index (χ4n) is 1.94. The fraction of sp³-hybridized carbons (Fsp3) is 0.0714. The topological polar surface area (TPSA) is 38.1 Å². The number of hydrogen-bond acceptors (Lipinski definition) is 3. The summed E-state index contributed by atoms with van der Waals surface area (Å²) in [5, 5.41) is 0. The van der Waals surface area contributed by atoms with Gasteiger partial charge in [0, 0.05) is 11.8 Å². The smallest absolute Gasteiger partial charge is 0.339 e. The Hall–Kier alpha value is -2.23. The zero-order valence-electron chi connectivity index (χ0n) is 9.90. The average molecular weight is 233 g/mol. The van der Waals surface area contributed by atoms with Gasteiger partial charge in [0.25, 0.3) is 0 Å². The van der Waals surface area contributed by atoms with Crippen molar-refractivity contribution >= 4 is 18.7 Å². The maximum atomic E-state index is 4.64.